The maximum Gasteiger partial charge on any atom is 0.127 e. The first kappa shape index (κ1) is 16.6. The van der Waals surface area contributed by atoms with E-state index in [-0.39, 0.29) is 0 Å². The van der Waals surface area contributed by atoms with Crippen LogP contribution in [0.1, 0.15) is 5.56 Å². The molecule has 0 atom stereocenters. The summed E-state index contributed by atoms with van der Waals surface area (Å²) < 4.78 is 7.91. The van der Waals surface area contributed by atoms with Crippen molar-refractivity contribution in [2.75, 3.05) is 7.11 Å². The zero-order valence-corrected chi connectivity index (χ0v) is 17.1. The molecule has 0 aliphatic heterocycles. The lowest BCUT2D eigenvalue weighted by molar-refractivity contribution is 0.417. The summed E-state index contributed by atoms with van der Waals surface area (Å²) in [5.41, 5.74) is 3.62. The standard InChI is InChI=1S/C22H16Br2O/c1-13-3-4-14-11-16(23)6-8-18(14)21(13)22-19-9-7-17(24)12-15(19)5-10-20(22)25-2/h3-12H,1-2H3. The Balaban J connectivity index is 2.18. The van der Waals surface area contributed by atoms with Crippen molar-refractivity contribution in [1.82, 2.24) is 0 Å². The molecule has 1 nitrogen and oxygen atoms in total. The van der Waals surface area contributed by atoms with Crippen molar-refractivity contribution in [3.63, 3.8) is 0 Å². The molecule has 0 aliphatic carbocycles. The van der Waals surface area contributed by atoms with Crippen molar-refractivity contribution in [3.8, 4) is 16.9 Å². The molecule has 3 heteroatoms. The number of fused-ring (bicyclic) bond motifs is 2. The predicted molar refractivity (Wildman–Crippen MR) is 114 cm³/mol. The summed E-state index contributed by atoms with van der Waals surface area (Å²) in [5, 5.41) is 4.84. The van der Waals surface area contributed by atoms with Crippen LogP contribution in [-0.4, -0.2) is 7.11 Å². The Bertz CT molecular complexity index is 1120. The predicted octanol–water partition coefficient (Wildman–Crippen LogP) is 7.50. The SMILES string of the molecule is COc1ccc2cc(Br)ccc2c1-c1c(C)ccc2cc(Br)ccc12. The van der Waals surface area contributed by atoms with Crippen LogP contribution >= 0.6 is 31.9 Å². The van der Waals surface area contributed by atoms with Crippen LogP contribution in [-0.2, 0) is 0 Å². The van der Waals surface area contributed by atoms with Crippen LogP contribution in [0.5, 0.6) is 5.75 Å². The molecule has 0 saturated carbocycles. The molecule has 0 bridgehead atoms. The number of halogens is 2. The molecular weight excluding hydrogens is 440 g/mol. The Morgan fingerprint density at radius 2 is 1.24 bits per heavy atom. The first-order valence-electron chi connectivity index (χ1n) is 8.04. The molecular formula is C22H16Br2O. The number of ether oxygens (including phenoxy) is 1. The van der Waals surface area contributed by atoms with Gasteiger partial charge in [-0.3, -0.25) is 0 Å². The molecule has 4 aromatic rings. The number of hydrogen-bond acceptors (Lipinski definition) is 1. The minimum atomic E-state index is 0.897. The van der Waals surface area contributed by atoms with E-state index in [1.807, 2.05) is 0 Å². The average Bonchev–Trinajstić information content (AvgIpc) is 2.61. The van der Waals surface area contributed by atoms with Gasteiger partial charge in [-0.25, -0.2) is 0 Å². The molecule has 124 valence electrons. The Labute approximate surface area is 163 Å². The molecule has 0 unspecified atom stereocenters. The molecule has 0 amide bonds. The second-order valence-corrected chi connectivity index (χ2v) is 7.96. The van der Waals surface area contributed by atoms with Gasteiger partial charge in [-0.05, 0) is 69.9 Å². The van der Waals surface area contributed by atoms with Gasteiger partial charge >= 0.3 is 0 Å². The summed E-state index contributed by atoms with van der Waals surface area (Å²) in [4.78, 5) is 0. The lowest BCUT2D eigenvalue weighted by atomic mass is 9.90. The highest BCUT2D eigenvalue weighted by Crippen LogP contribution is 2.43. The van der Waals surface area contributed by atoms with E-state index in [1.165, 1.54) is 32.7 Å². The Kier molecular flexibility index (Phi) is 4.30. The molecule has 0 N–H and O–H groups in total. The summed E-state index contributed by atoms with van der Waals surface area (Å²) >= 11 is 7.15. The quantitative estimate of drug-likeness (QED) is 0.304. The Morgan fingerprint density at radius 1 is 0.680 bits per heavy atom. The van der Waals surface area contributed by atoms with Crippen molar-refractivity contribution < 1.29 is 4.74 Å². The molecule has 0 saturated heterocycles. The molecule has 4 aromatic carbocycles. The summed E-state index contributed by atoms with van der Waals surface area (Å²) in [5.74, 6) is 0.897. The third-order valence-corrected chi connectivity index (χ3v) is 5.59. The van der Waals surface area contributed by atoms with Crippen LogP contribution in [0.25, 0.3) is 32.7 Å². The fourth-order valence-electron chi connectivity index (χ4n) is 3.45. The summed E-state index contributed by atoms with van der Waals surface area (Å²) in [6, 6.07) is 21.4. The topological polar surface area (TPSA) is 9.23 Å². The molecule has 0 fully saturated rings. The normalized spacial score (nSPS) is 11.2. The molecule has 0 spiro atoms. The molecule has 0 aromatic heterocycles. The van der Waals surface area contributed by atoms with E-state index in [2.05, 4.69) is 99.4 Å². The number of benzene rings is 4. The van der Waals surface area contributed by atoms with Crippen LogP contribution in [0.4, 0.5) is 0 Å². The Morgan fingerprint density at radius 3 is 1.84 bits per heavy atom. The fraction of sp³-hybridized carbons (Fsp3) is 0.0909. The summed E-state index contributed by atoms with van der Waals surface area (Å²) in [6.07, 6.45) is 0. The van der Waals surface area contributed by atoms with Crippen molar-refractivity contribution in [2.45, 2.75) is 6.92 Å². The van der Waals surface area contributed by atoms with Gasteiger partial charge in [-0.1, -0.05) is 62.2 Å². The van der Waals surface area contributed by atoms with Gasteiger partial charge in [-0.2, -0.15) is 0 Å². The zero-order valence-electron chi connectivity index (χ0n) is 13.9. The second kappa shape index (κ2) is 6.47. The van der Waals surface area contributed by atoms with Crippen LogP contribution in [0.2, 0.25) is 0 Å². The maximum atomic E-state index is 5.74. The van der Waals surface area contributed by atoms with Gasteiger partial charge in [0.1, 0.15) is 5.75 Å². The van der Waals surface area contributed by atoms with Crippen LogP contribution in [0, 0.1) is 6.92 Å². The van der Waals surface area contributed by atoms with E-state index in [4.69, 9.17) is 4.74 Å². The van der Waals surface area contributed by atoms with Crippen molar-refractivity contribution in [1.29, 1.82) is 0 Å². The fourth-order valence-corrected chi connectivity index (χ4v) is 4.21. The molecule has 25 heavy (non-hydrogen) atoms. The van der Waals surface area contributed by atoms with Crippen molar-refractivity contribution >= 4 is 53.4 Å². The lowest BCUT2D eigenvalue weighted by Gasteiger charge is -2.17. The molecule has 0 radical (unpaired) electrons. The van der Waals surface area contributed by atoms with Crippen LogP contribution in [0.3, 0.4) is 0 Å². The van der Waals surface area contributed by atoms with Gasteiger partial charge in [0.05, 0.1) is 7.11 Å². The first-order valence-corrected chi connectivity index (χ1v) is 9.62. The minimum Gasteiger partial charge on any atom is -0.496 e. The first-order chi connectivity index (χ1) is 12.1. The Hall–Kier alpha value is -1.84. The number of hydrogen-bond donors (Lipinski definition) is 0. The van der Waals surface area contributed by atoms with E-state index in [1.54, 1.807) is 7.11 Å². The van der Waals surface area contributed by atoms with Gasteiger partial charge < -0.3 is 4.74 Å². The van der Waals surface area contributed by atoms with Gasteiger partial charge in [0.2, 0.25) is 0 Å². The number of aryl methyl sites for hydroxylation is 1. The third kappa shape index (κ3) is 2.86. The van der Waals surface area contributed by atoms with E-state index < -0.39 is 0 Å². The van der Waals surface area contributed by atoms with E-state index in [9.17, 15) is 0 Å². The third-order valence-electron chi connectivity index (χ3n) is 4.60. The van der Waals surface area contributed by atoms with Gasteiger partial charge in [-0.15, -0.1) is 0 Å². The lowest BCUT2D eigenvalue weighted by Crippen LogP contribution is -1.93. The summed E-state index contributed by atoms with van der Waals surface area (Å²) in [7, 11) is 1.74. The average molecular weight is 456 g/mol. The van der Waals surface area contributed by atoms with Crippen molar-refractivity contribution in [2.24, 2.45) is 0 Å². The smallest absolute Gasteiger partial charge is 0.127 e. The molecule has 0 aliphatic rings. The van der Waals surface area contributed by atoms with E-state index >= 15 is 0 Å². The molecule has 0 heterocycles. The van der Waals surface area contributed by atoms with Gasteiger partial charge in [0.15, 0.2) is 0 Å². The highest BCUT2D eigenvalue weighted by atomic mass is 79.9. The monoisotopic (exact) mass is 454 g/mol. The summed E-state index contributed by atoms with van der Waals surface area (Å²) in [6.45, 7) is 2.16. The largest absolute Gasteiger partial charge is 0.496 e. The number of methoxy groups -OCH3 is 1. The second-order valence-electron chi connectivity index (χ2n) is 6.13. The van der Waals surface area contributed by atoms with Gasteiger partial charge in [0, 0.05) is 14.5 Å². The van der Waals surface area contributed by atoms with Gasteiger partial charge in [0.25, 0.3) is 0 Å². The van der Waals surface area contributed by atoms with Crippen molar-refractivity contribution in [3.05, 3.63) is 75.2 Å². The number of rotatable bonds is 2. The van der Waals surface area contributed by atoms with Crippen LogP contribution < -0.4 is 4.74 Å². The maximum absolute atomic E-state index is 5.74. The molecule has 4 rings (SSSR count). The van der Waals surface area contributed by atoms with E-state index in [0.717, 1.165) is 20.3 Å². The highest BCUT2D eigenvalue weighted by molar-refractivity contribution is 9.10. The van der Waals surface area contributed by atoms with E-state index in [0.29, 0.717) is 0 Å². The minimum absolute atomic E-state index is 0.897. The zero-order chi connectivity index (χ0) is 17.6. The van der Waals surface area contributed by atoms with Crippen LogP contribution in [0.15, 0.2) is 69.6 Å². The highest BCUT2D eigenvalue weighted by Gasteiger charge is 2.16.